The number of rotatable bonds is 9. The molecule has 1 atom stereocenters. The molecule has 0 aliphatic carbocycles. The van der Waals surface area contributed by atoms with Gasteiger partial charge < -0.3 is 15.5 Å². The lowest BCUT2D eigenvalue weighted by molar-refractivity contribution is -0.141. The van der Waals surface area contributed by atoms with Gasteiger partial charge in [-0.3, -0.25) is 9.59 Å². The molecule has 24 heavy (non-hydrogen) atoms. The second-order valence-corrected chi connectivity index (χ2v) is 8.58. The van der Waals surface area contributed by atoms with Gasteiger partial charge in [0.15, 0.2) is 9.84 Å². The minimum Gasteiger partial charge on any atom is -0.481 e. The third-order valence-corrected chi connectivity index (χ3v) is 6.40. The number of carboxylic acids is 1. The van der Waals surface area contributed by atoms with Crippen molar-refractivity contribution in [2.45, 2.75) is 25.0 Å². The average molecular weight is 357 g/mol. The molecule has 0 aliphatic rings. The quantitative estimate of drug-likeness (QED) is 0.582. The molecular formula is C16H23NO6S. The van der Waals surface area contributed by atoms with Crippen molar-refractivity contribution in [3.05, 3.63) is 35.9 Å². The summed E-state index contributed by atoms with van der Waals surface area (Å²) in [5, 5.41) is 20.4. The van der Waals surface area contributed by atoms with Crippen LogP contribution >= 0.6 is 0 Å². The highest BCUT2D eigenvalue weighted by Crippen LogP contribution is 2.22. The average Bonchev–Trinajstić information content (AvgIpc) is 2.52. The number of aliphatic hydroxyl groups is 1. The molecule has 1 amide bonds. The lowest BCUT2D eigenvalue weighted by Gasteiger charge is -2.25. The van der Waals surface area contributed by atoms with Gasteiger partial charge in [-0.15, -0.1) is 0 Å². The van der Waals surface area contributed by atoms with Crippen LogP contribution in [0.5, 0.6) is 0 Å². The zero-order chi connectivity index (χ0) is 18.4. The van der Waals surface area contributed by atoms with Crippen LogP contribution in [0.4, 0.5) is 0 Å². The number of carbonyl (C=O) groups is 2. The molecule has 0 aromatic heterocycles. The Morgan fingerprint density at radius 2 is 1.79 bits per heavy atom. The summed E-state index contributed by atoms with van der Waals surface area (Å²) in [5.74, 6) is -3.78. The molecule has 0 saturated heterocycles. The van der Waals surface area contributed by atoms with Crippen molar-refractivity contribution in [3.8, 4) is 0 Å². The summed E-state index contributed by atoms with van der Waals surface area (Å²) in [6.45, 7) is 2.09. The number of sulfone groups is 1. The smallest absolute Gasteiger partial charge is 0.307 e. The molecule has 0 bridgehead atoms. The molecule has 7 nitrogen and oxygen atoms in total. The van der Waals surface area contributed by atoms with E-state index in [2.05, 4.69) is 5.32 Å². The van der Waals surface area contributed by atoms with Crippen molar-refractivity contribution in [2.75, 3.05) is 18.9 Å². The molecule has 0 aliphatic heterocycles. The second kappa shape index (κ2) is 8.25. The van der Waals surface area contributed by atoms with Gasteiger partial charge in [0, 0.05) is 6.54 Å². The lowest BCUT2D eigenvalue weighted by Crippen LogP contribution is -2.50. The number of benzene rings is 1. The number of carboxylic acid groups (broad SMARTS) is 1. The summed E-state index contributed by atoms with van der Waals surface area (Å²) in [7, 11) is -4.03. The third kappa shape index (κ3) is 5.04. The van der Waals surface area contributed by atoms with E-state index < -0.39 is 38.1 Å². The molecular weight excluding hydrogens is 334 g/mol. The normalized spacial score (nSPS) is 13.3. The van der Waals surface area contributed by atoms with E-state index in [0.29, 0.717) is 5.56 Å². The molecule has 0 spiro atoms. The van der Waals surface area contributed by atoms with Gasteiger partial charge >= 0.3 is 5.97 Å². The highest BCUT2D eigenvalue weighted by molar-refractivity contribution is 7.93. The Morgan fingerprint density at radius 1 is 1.21 bits per heavy atom. The molecule has 0 radical (unpaired) electrons. The maximum Gasteiger partial charge on any atom is 0.307 e. The van der Waals surface area contributed by atoms with Crippen molar-refractivity contribution < 1.29 is 28.2 Å². The van der Waals surface area contributed by atoms with Gasteiger partial charge in [0.1, 0.15) is 4.75 Å². The lowest BCUT2D eigenvalue weighted by atomic mass is 10.0. The molecule has 0 fully saturated rings. The molecule has 3 N–H and O–H groups in total. The second-order valence-electron chi connectivity index (χ2n) is 6.00. The number of hydrogen-bond donors (Lipinski definition) is 3. The number of aliphatic carboxylic acids is 1. The summed E-state index contributed by atoms with van der Waals surface area (Å²) in [6.07, 6.45) is 0.0593. The fourth-order valence-corrected chi connectivity index (χ4v) is 3.67. The molecule has 0 saturated carbocycles. The van der Waals surface area contributed by atoms with Crippen molar-refractivity contribution in [2.24, 2.45) is 5.92 Å². The van der Waals surface area contributed by atoms with Crippen LogP contribution in [0.1, 0.15) is 19.4 Å². The first kappa shape index (κ1) is 20.1. The number of aliphatic hydroxyl groups excluding tert-OH is 1. The first-order valence-corrected chi connectivity index (χ1v) is 9.15. The van der Waals surface area contributed by atoms with Crippen LogP contribution in [-0.2, 0) is 25.8 Å². The highest BCUT2D eigenvalue weighted by Gasteiger charge is 2.43. The van der Waals surface area contributed by atoms with Gasteiger partial charge in [-0.25, -0.2) is 8.42 Å². The van der Waals surface area contributed by atoms with Crippen molar-refractivity contribution >= 4 is 21.7 Å². The molecule has 134 valence electrons. The SMILES string of the molecule is CC(C)(C(=O)NCCO)S(=O)(=O)C[C@H](Cc1ccccc1)C(=O)O. The monoisotopic (exact) mass is 357 g/mol. The zero-order valence-electron chi connectivity index (χ0n) is 13.7. The van der Waals surface area contributed by atoms with Gasteiger partial charge in [0.25, 0.3) is 0 Å². The first-order chi connectivity index (χ1) is 11.1. The Bertz CT molecular complexity index is 669. The number of carbonyl (C=O) groups excluding carboxylic acids is 1. The molecule has 8 heteroatoms. The number of nitrogens with one attached hydrogen (secondary N) is 1. The standard InChI is InChI=1S/C16H23NO6S/c1-16(2,15(21)17-8-9-18)24(22,23)11-13(14(19)20)10-12-6-4-3-5-7-12/h3-7,13,18H,8-11H2,1-2H3,(H,17,21)(H,19,20)/t13-/m0/s1. The molecule has 0 unspecified atom stereocenters. The van der Waals surface area contributed by atoms with E-state index in [9.17, 15) is 23.1 Å². The fraction of sp³-hybridized carbons (Fsp3) is 0.500. The van der Waals surface area contributed by atoms with Gasteiger partial charge in [0.2, 0.25) is 5.91 Å². The van der Waals surface area contributed by atoms with E-state index in [1.807, 2.05) is 0 Å². The minimum atomic E-state index is -4.03. The molecule has 1 rings (SSSR count). The fourth-order valence-electron chi connectivity index (χ4n) is 2.11. The Balaban J connectivity index is 2.95. The number of amides is 1. The van der Waals surface area contributed by atoms with Crippen molar-refractivity contribution in [3.63, 3.8) is 0 Å². The van der Waals surface area contributed by atoms with Gasteiger partial charge in [-0.05, 0) is 25.8 Å². The van der Waals surface area contributed by atoms with E-state index in [4.69, 9.17) is 5.11 Å². The largest absolute Gasteiger partial charge is 0.481 e. The molecule has 1 aromatic carbocycles. The van der Waals surface area contributed by atoms with E-state index >= 15 is 0 Å². The Kier molecular flexibility index (Phi) is 6.92. The Hall–Kier alpha value is -1.93. The summed E-state index contributed by atoms with van der Waals surface area (Å²) in [5.41, 5.74) is 0.711. The van der Waals surface area contributed by atoms with E-state index in [-0.39, 0.29) is 19.6 Å². The van der Waals surface area contributed by atoms with Crippen LogP contribution in [0.3, 0.4) is 0 Å². The van der Waals surface area contributed by atoms with Gasteiger partial charge in [-0.1, -0.05) is 30.3 Å². The van der Waals surface area contributed by atoms with E-state index in [1.54, 1.807) is 30.3 Å². The van der Waals surface area contributed by atoms with Crippen LogP contribution in [0.15, 0.2) is 30.3 Å². The van der Waals surface area contributed by atoms with Crippen LogP contribution in [-0.4, -0.2) is 54.2 Å². The highest BCUT2D eigenvalue weighted by atomic mass is 32.2. The summed E-state index contributed by atoms with van der Waals surface area (Å²) >= 11 is 0. The van der Waals surface area contributed by atoms with Gasteiger partial charge in [0.05, 0.1) is 18.3 Å². The maximum absolute atomic E-state index is 12.6. The third-order valence-electron chi connectivity index (χ3n) is 3.82. The van der Waals surface area contributed by atoms with E-state index in [0.717, 1.165) is 0 Å². The van der Waals surface area contributed by atoms with E-state index in [1.165, 1.54) is 13.8 Å². The predicted octanol–water partition coefficient (Wildman–Crippen LogP) is 0.232. The van der Waals surface area contributed by atoms with Crippen molar-refractivity contribution in [1.29, 1.82) is 0 Å². The van der Waals surface area contributed by atoms with Gasteiger partial charge in [-0.2, -0.15) is 0 Å². The Morgan fingerprint density at radius 3 is 2.29 bits per heavy atom. The molecule has 1 aromatic rings. The molecule has 0 heterocycles. The zero-order valence-corrected chi connectivity index (χ0v) is 14.5. The summed E-state index contributed by atoms with van der Waals surface area (Å²) < 4.78 is 23.4. The van der Waals surface area contributed by atoms with Crippen LogP contribution < -0.4 is 5.32 Å². The van der Waals surface area contributed by atoms with Crippen LogP contribution in [0, 0.1) is 5.92 Å². The topological polar surface area (TPSA) is 121 Å². The predicted molar refractivity (Wildman–Crippen MR) is 89.2 cm³/mol. The maximum atomic E-state index is 12.6. The summed E-state index contributed by atoms with van der Waals surface area (Å²) in [4.78, 5) is 23.5. The van der Waals surface area contributed by atoms with Crippen molar-refractivity contribution in [1.82, 2.24) is 5.32 Å². The van der Waals surface area contributed by atoms with Crippen LogP contribution in [0.25, 0.3) is 0 Å². The van der Waals surface area contributed by atoms with Crippen LogP contribution in [0.2, 0.25) is 0 Å². The number of hydrogen-bond acceptors (Lipinski definition) is 5. The minimum absolute atomic E-state index is 0.0593. The first-order valence-electron chi connectivity index (χ1n) is 7.50. The summed E-state index contributed by atoms with van der Waals surface area (Å²) in [6, 6.07) is 8.72. The Labute approximate surface area is 141 Å².